The Kier molecular flexibility index (Phi) is 4.09. The Balaban J connectivity index is 1.53. The zero-order chi connectivity index (χ0) is 16.2. The molecule has 4 fully saturated rings. The molecule has 2 heteroatoms. The fraction of sp³-hybridized carbons (Fsp3) is 0.952. The molecule has 0 heterocycles. The maximum atomic E-state index is 13.1. The van der Waals surface area contributed by atoms with Crippen molar-refractivity contribution in [1.29, 1.82) is 0 Å². The van der Waals surface area contributed by atoms with Crippen molar-refractivity contribution in [2.45, 2.75) is 71.6 Å². The minimum absolute atomic E-state index is 0.0989. The zero-order valence-electron chi connectivity index (χ0n) is 14.9. The molecule has 4 aliphatic carbocycles. The molecule has 0 aromatic carbocycles. The molecule has 23 heavy (non-hydrogen) atoms. The lowest BCUT2D eigenvalue weighted by Crippen LogP contribution is -2.49. The van der Waals surface area contributed by atoms with E-state index in [-0.39, 0.29) is 12.1 Å². The second-order valence-electron chi connectivity index (χ2n) is 9.55. The highest BCUT2D eigenvalue weighted by molar-refractivity contribution is 5.79. The largest absolute Gasteiger partial charge is 0.300 e. The molecular weight excluding hydrogens is 287 g/mol. The molecule has 130 valence electrons. The quantitative estimate of drug-likeness (QED) is 0.663. The van der Waals surface area contributed by atoms with Gasteiger partial charge in [-0.1, -0.05) is 6.92 Å². The number of hydrogen-bond acceptors (Lipinski definition) is 1. The Labute approximate surface area is 140 Å². The van der Waals surface area contributed by atoms with E-state index in [2.05, 4.69) is 6.92 Å². The lowest BCUT2D eigenvalue weighted by molar-refractivity contribution is -0.128. The van der Waals surface area contributed by atoms with Crippen molar-refractivity contribution in [2.24, 2.45) is 46.8 Å². The van der Waals surface area contributed by atoms with E-state index >= 15 is 0 Å². The smallest absolute Gasteiger partial charge is 0.133 e. The molecule has 4 rings (SSSR count). The van der Waals surface area contributed by atoms with E-state index in [0.717, 1.165) is 48.9 Å². The van der Waals surface area contributed by atoms with Crippen molar-refractivity contribution >= 4 is 5.78 Å². The van der Waals surface area contributed by atoms with Gasteiger partial charge in [-0.2, -0.15) is 0 Å². The van der Waals surface area contributed by atoms with Crippen molar-refractivity contribution in [3.8, 4) is 0 Å². The molecule has 0 radical (unpaired) electrons. The minimum atomic E-state index is -0.0989. The number of carbonyl (C=O) groups is 1. The van der Waals surface area contributed by atoms with Gasteiger partial charge in [0.05, 0.1) is 6.67 Å². The van der Waals surface area contributed by atoms with Gasteiger partial charge in [0, 0.05) is 5.92 Å². The van der Waals surface area contributed by atoms with Crippen molar-refractivity contribution in [1.82, 2.24) is 0 Å². The van der Waals surface area contributed by atoms with Crippen molar-refractivity contribution in [2.75, 3.05) is 6.67 Å². The molecule has 0 aromatic heterocycles. The molecule has 1 nitrogen and oxygen atoms in total. The SMILES string of the molecule is CC(=O)C1CCC2C3CCC4CC(CF)CCC4C3CCC12C. The summed E-state index contributed by atoms with van der Waals surface area (Å²) in [5.74, 6) is 5.33. The van der Waals surface area contributed by atoms with Crippen LogP contribution in [0.1, 0.15) is 71.6 Å². The Hall–Kier alpha value is -0.400. The summed E-state index contributed by atoms with van der Waals surface area (Å²) < 4.78 is 13.1. The third-order valence-electron chi connectivity index (χ3n) is 8.77. The van der Waals surface area contributed by atoms with Crippen LogP contribution in [0.15, 0.2) is 0 Å². The van der Waals surface area contributed by atoms with Gasteiger partial charge in [0.15, 0.2) is 0 Å². The van der Waals surface area contributed by atoms with Gasteiger partial charge in [0.25, 0.3) is 0 Å². The average Bonchev–Trinajstić information content (AvgIpc) is 2.91. The van der Waals surface area contributed by atoms with Gasteiger partial charge in [-0.15, -0.1) is 0 Å². The Bertz CT molecular complexity index is 474. The number of halogens is 1. The Morgan fingerprint density at radius 1 is 1.00 bits per heavy atom. The van der Waals surface area contributed by atoms with E-state index in [1.807, 2.05) is 6.92 Å². The topological polar surface area (TPSA) is 17.1 Å². The predicted octanol–water partition coefficient (Wildman–Crippen LogP) is 5.43. The second kappa shape index (κ2) is 5.85. The van der Waals surface area contributed by atoms with Gasteiger partial charge in [-0.3, -0.25) is 9.18 Å². The van der Waals surface area contributed by atoms with E-state index in [4.69, 9.17) is 0 Å². The molecule has 0 bridgehead atoms. The molecule has 0 aromatic rings. The van der Waals surface area contributed by atoms with Crippen LogP contribution in [0, 0.1) is 46.8 Å². The van der Waals surface area contributed by atoms with Crippen LogP contribution in [0.3, 0.4) is 0 Å². The summed E-state index contributed by atoms with van der Waals surface area (Å²) in [4.78, 5) is 12.1. The molecule has 8 atom stereocenters. The van der Waals surface area contributed by atoms with Crippen LogP contribution in [0.5, 0.6) is 0 Å². The number of ketones is 1. The summed E-state index contributed by atoms with van der Waals surface area (Å²) in [5.41, 5.74) is 0.288. The maximum absolute atomic E-state index is 13.1. The minimum Gasteiger partial charge on any atom is -0.300 e. The van der Waals surface area contributed by atoms with Crippen molar-refractivity contribution in [3.05, 3.63) is 0 Å². The summed E-state index contributed by atoms with van der Waals surface area (Å²) in [5, 5.41) is 0. The third kappa shape index (κ3) is 2.42. The van der Waals surface area contributed by atoms with Crippen LogP contribution in [0.25, 0.3) is 0 Å². The van der Waals surface area contributed by atoms with Crippen LogP contribution in [0.2, 0.25) is 0 Å². The van der Waals surface area contributed by atoms with Gasteiger partial charge < -0.3 is 0 Å². The second-order valence-corrected chi connectivity index (χ2v) is 9.55. The van der Waals surface area contributed by atoms with E-state index in [1.54, 1.807) is 0 Å². The first-order valence-corrected chi connectivity index (χ1v) is 10.1. The van der Waals surface area contributed by atoms with Crippen LogP contribution >= 0.6 is 0 Å². The number of rotatable bonds is 2. The molecule has 8 unspecified atom stereocenters. The first-order valence-electron chi connectivity index (χ1n) is 10.1. The molecule has 4 saturated carbocycles. The summed E-state index contributed by atoms with van der Waals surface area (Å²) in [6.07, 6.45) is 11.3. The molecule has 0 amide bonds. The lowest BCUT2D eigenvalue weighted by Gasteiger charge is -2.56. The van der Waals surface area contributed by atoms with Crippen LogP contribution in [-0.2, 0) is 4.79 Å². The highest BCUT2D eigenvalue weighted by Crippen LogP contribution is 2.64. The third-order valence-corrected chi connectivity index (χ3v) is 8.77. The normalized spacial score (nSPS) is 52.4. The van der Waals surface area contributed by atoms with Crippen LogP contribution in [0.4, 0.5) is 4.39 Å². The van der Waals surface area contributed by atoms with Gasteiger partial charge in [-0.05, 0) is 106 Å². The monoisotopic (exact) mass is 320 g/mol. The standard InChI is InChI=1S/C21H33FO/c1-13(23)19-7-8-20-18-6-4-15-11-14(12-22)3-5-16(15)17(18)9-10-21(19,20)2/h14-20H,3-12H2,1-2H3. The molecule has 0 aliphatic heterocycles. The summed E-state index contributed by atoms with van der Waals surface area (Å²) in [7, 11) is 0. The Morgan fingerprint density at radius 2 is 1.78 bits per heavy atom. The van der Waals surface area contributed by atoms with E-state index in [1.165, 1.54) is 38.5 Å². The van der Waals surface area contributed by atoms with E-state index in [0.29, 0.717) is 17.6 Å². The number of hydrogen-bond donors (Lipinski definition) is 0. The van der Waals surface area contributed by atoms with Gasteiger partial charge in [-0.25, -0.2) is 0 Å². The van der Waals surface area contributed by atoms with E-state index < -0.39 is 0 Å². The summed E-state index contributed by atoms with van der Waals surface area (Å²) >= 11 is 0. The summed E-state index contributed by atoms with van der Waals surface area (Å²) in [6.45, 7) is 4.15. The molecule has 4 aliphatic rings. The van der Waals surface area contributed by atoms with Gasteiger partial charge in [0.2, 0.25) is 0 Å². The number of fused-ring (bicyclic) bond motifs is 5. The predicted molar refractivity (Wildman–Crippen MR) is 90.7 cm³/mol. The molecular formula is C21H33FO. The highest BCUT2D eigenvalue weighted by atomic mass is 19.1. The van der Waals surface area contributed by atoms with E-state index in [9.17, 15) is 9.18 Å². The Morgan fingerprint density at radius 3 is 2.52 bits per heavy atom. The fourth-order valence-electron chi connectivity index (χ4n) is 7.76. The maximum Gasteiger partial charge on any atom is 0.133 e. The summed E-state index contributed by atoms with van der Waals surface area (Å²) in [6, 6.07) is 0. The number of carbonyl (C=O) groups excluding carboxylic acids is 1. The van der Waals surface area contributed by atoms with Crippen LogP contribution < -0.4 is 0 Å². The zero-order valence-corrected chi connectivity index (χ0v) is 14.9. The van der Waals surface area contributed by atoms with Crippen molar-refractivity contribution in [3.63, 3.8) is 0 Å². The van der Waals surface area contributed by atoms with Gasteiger partial charge >= 0.3 is 0 Å². The highest BCUT2D eigenvalue weighted by Gasteiger charge is 2.57. The van der Waals surface area contributed by atoms with Crippen molar-refractivity contribution < 1.29 is 9.18 Å². The first kappa shape index (κ1) is 16.1. The molecule has 0 spiro atoms. The molecule has 0 saturated heterocycles. The van der Waals surface area contributed by atoms with Gasteiger partial charge in [0.1, 0.15) is 5.78 Å². The average molecular weight is 320 g/mol. The first-order chi connectivity index (χ1) is 11.0. The number of Topliss-reactive ketones (excluding diaryl/α,β-unsaturated/α-hetero) is 1. The lowest BCUT2D eigenvalue weighted by atomic mass is 9.49. The fourth-order valence-corrected chi connectivity index (χ4v) is 7.76. The molecule has 0 N–H and O–H groups in total. The number of alkyl halides is 1. The van der Waals surface area contributed by atoms with Crippen LogP contribution in [-0.4, -0.2) is 12.5 Å².